The van der Waals surface area contributed by atoms with Crippen molar-refractivity contribution >= 4 is 5.97 Å². The van der Waals surface area contributed by atoms with Gasteiger partial charge in [-0.2, -0.15) is 0 Å². The largest absolute Gasteiger partial charge is 0.481 e. The number of carbonyl (C=O) groups is 1. The number of nitrogens with zero attached hydrogens (tertiary/aromatic N) is 3. The molecule has 2 atom stereocenters. The molecule has 0 aliphatic carbocycles. The molecule has 2 rings (SSSR count). The Morgan fingerprint density at radius 2 is 2.33 bits per heavy atom. The standard InChI is InChI=1S/C9H13N3O3/c1-5(13)8-11-10-7-3-2-6(9(14)15)4-12(7)8/h5-6,13H,2-4H2,1H3,(H,14,15)/t5-,6?/m0/s1. The first-order valence-corrected chi connectivity index (χ1v) is 4.92. The third-order valence-corrected chi connectivity index (χ3v) is 2.70. The maximum Gasteiger partial charge on any atom is 0.308 e. The van der Waals surface area contributed by atoms with Gasteiger partial charge in [0.1, 0.15) is 11.9 Å². The quantitative estimate of drug-likeness (QED) is 0.717. The zero-order valence-electron chi connectivity index (χ0n) is 8.42. The first-order chi connectivity index (χ1) is 7.09. The van der Waals surface area contributed by atoms with Crippen molar-refractivity contribution in [1.82, 2.24) is 14.8 Å². The van der Waals surface area contributed by atoms with Crippen LogP contribution in [-0.4, -0.2) is 30.9 Å². The average molecular weight is 211 g/mol. The predicted molar refractivity (Wildman–Crippen MR) is 50.1 cm³/mol. The van der Waals surface area contributed by atoms with E-state index in [9.17, 15) is 9.90 Å². The molecule has 1 aliphatic rings. The zero-order valence-corrected chi connectivity index (χ0v) is 8.42. The van der Waals surface area contributed by atoms with Crippen molar-refractivity contribution in [3.63, 3.8) is 0 Å². The number of hydrogen-bond donors (Lipinski definition) is 2. The number of aliphatic carboxylic acids is 1. The highest BCUT2D eigenvalue weighted by atomic mass is 16.4. The highest BCUT2D eigenvalue weighted by Crippen LogP contribution is 2.22. The smallest absolute Gasteiger partial charge is 0.308 e. The number of carboxylic acids is 1. The summed E-state index contributed by atoms with van der Waals surface area (Å²) in [6.07, 6.45) is 0.489. The van der Waals surface area contributed by atoms with Crippen LogP contribution in [0.15, 0.2) is 0 Å². The predicted octanol–water partition coefficient (Wildman–Crippen LogP) is -0.0216. The molecule has 6 heteroatoms. The molecule has 82 valence electrons. The van der Waals surface area contributed by atoms with Gasteiger partial charge in [0, 0.05) is 13.0 Å². The van der Waals surface area contributed by atoms with Crippen molar-refractivity contribution in [1.29, 1.82) is 0 Å². The van der Waals surface area contributed by atoms with Crippen molar-refractivity contribution in [2.24, 2.45) is 5.92 Å². The molecule has 0 aromatic carbocycles. The van der Waals surface area contributed by atoms with E-state index in [1.165, 1.54) is 0 Å². The highest BCUT2D eigenvalue weighted by Gasteiger charge is 2.28. The molecule has 1 aromatic rings. The molecular formula is C9H13N3O3. The Hall–Kier alpha value is -1.43. The van der Waals surface area contributed by atoms with E-state index in [1.807, 2.05) is 0 Å². The first kappa shape index (κ1) is 10.1. The molecule has 2 heterocycles. The van der Waals surface area contributed by atoms with Crippen molar-refractivity contribution in [3.05, 3.63) is 11.6 Å². The Morgan fingerprint density at radius 1 is 1.60 bits per heavy atom. The van der Waals surface area contributed by atoms with Crippen LogP contribution in [0, 0.1) is 5.92 Å². The lowest BCUT2D eigenvalue weighted by molar-refractivity contribution is -0.142. The molecule has 15 heavy (non-hydrogen) atoms. The lowest BCUT2D eigenvalue weighted by Gasteiger charge is -2.21. The van der Waals surface area contributed by atoms with E-state index in [0.717, 1.165) is 5.82 Å². The van der Waals surface area contributed by atoms with Gasteiger partial charge in [-0.3, -0.25) is 4.79 Å². The van der Waals surface area contributed by atoms with Crippen LogP contribution in [0.4, 0.5) is 0 Å². The molecule has 0 radical (unpaired) electrons. The van der Waals surface area contributed by atoms with Crippen LogP contribution in [0.5, 0.6) is 0 Å². The summed E-state index contributed by atoms with van der Waals surface area (Å²) in [4.78, 5) is 10.9. The second-order valence-electron chi connectivity index (χ2n) is 3.83. The Labute approximate surface area is 86.6 Å². The fourth-order valence-corrected chi connectivity index (χ4v) is 1.86. The maximum atomic E-state index is 10.9. The van der Waals surface area contributed by atoms with E-state index in [0.29, 0.717) is 25.2 Å². The number of aliphatic hydroxyl groups excluding tert-OH is 1. The van der Waals surface area contributed by atoms with Gasteiger partial charge in [-0.05, 0) is 13.3 Å². The van der Waals surface area contributed by atoms with E-state index in [-0.39, 0.29) is 0 Å². The van der Waals surface area contributed by atoms with Gasteiger partial charge in [0.15, 0.2) is 5.82 Å². The number of aromatic nitrogens is 3. The number of fused-ring (bicyclic) bond motifs is 1. The molecule has 0 saturated heterocycles. The van der Waals surface area contributed by atoms with Crippen molar-refractivity contribution in [2.75, 3.05) is 0 Å². The molecule has 1 aromatic heterocycles. The van der Waals surface area contributed by atoms with Gasteiger partial charge >= 0.3 is 5.97 Å². The fourth-order valence-electron chi connectivity index (χ4n) is 1.86. The molecule has 0 spiro atoms. The van der Waals surface area contributed by atoms with Crippen molar-refractivity contribution in [2.45, 2.75) is 32.4 Å². The summed E-state index contributed by atoms with van der Waals surface area (Å²) in [5.74, 6) is 0.0243. The molecule has 0 fully saturated rings. The van der Waals surface area contributed by atoms with Crippen LogP contribution < -0.4 is 0 Å². The Bertz CT molecular complexity index is 386. The van der Waals surface area contributed by atoms with Gasteiger partial charge in [0.05, 0.1) is 5.92 Å². The summed E-state index contributed by atoms with van der Waals surface area (Å²) in [7, 11) is 0. The average Bonchev–Trinajstić information content (AvgIpc) is 2.59. The monoisotopic (exact) mass is 211 g/mol. The lowest BCUT2D eigenvalue weighted by Crippen LogP contribution is -2.28. The Morgan fingerprint density at radius 3 is 2.93 bits per heavy atom. The minimum Gasteiger partial charge on any atom is -0.481 e. The minimum absolute atomic E-state index is 0.359. The summed E-state index contributed by atoms with van der Waals surface area (Å²) < 4.78 is 1.72. The normalized spacial score (nSPS) is 22.1. The lowest BCUT2D eigenvalue weighted by atomic mass is 9.99. The number of rotatable bonds is 2. The van der Waals surface area contributed by atoms with E-state index >= 15 is 0 Å². The first-order valence-electron chi connectivity index (χ1n) is 4.92. The number of aliphatic hydroxyl groups is 1. The van der Waals surface area contributed by atoms with Gasteiger partial charge < -0.3 is 14.8 Å². The van der Waals surface area contributed by atoms with Gasteiger partial charge in [-0.15, -0.1) is 10.2 Å². The molecule has 0 bridgehead atoms. The zero-order chi connectivity index (χ0) is 11.0. The molecule has 6 nitrogen and oxygen atoms in total. The SMILES string of the molecule is C[C@H](O)c1nnc2n1CC(C(=O)O)CC2. The van der Waals surface area contributed by atoms with Crippen molar-refractivity contribution in [3.8, 4) is 0 Å². The van der Waals surface area contributed by atoms with Gasteiger partial charge in [0.2, 0.25) is 0 Å². The summed E-state index contributed by atoms with van der Waals surface area (Å²) in [6, 6.07) is 0. The van der Waals surface area contributed by atoms with Crippen LogP contribution in [-0.2, 0) is 17.8 Å². The fraction of sp³-hybridized carbons (Fsp3) is 0.667. The number of hydrogen-bond acceptors (Lipinski definition) is 4. The molecule has 0 saturated carbocycles. The van der Waals surface area contributed by atoms with Gasteiger partial charge in [0.25, 0.3) is 0 Å². The summed E-state index contributed by atoms with van der Waals surface area (Å²) in [5, 5.41) is 26.1. The third-order valence-electron chi connectivity index (χ3n) is 2.70. The van der Waals surface area contributed by atoms with E-state index in [1.54, 1.807) is 11.5 Å². The molecule has 1 unspecified atom stereocenters. The van der Waals surface area contributed by atoms with Crippen LogP contribution in [0.3, 0.4) is 0 Å². The van der Waals surface area contributed by atoms with Crippen molar-refractivity contribution < 1.29 is 15.0 Å². The molecule has 0 amide bonds. The summed E-state index contributed by atoms with van der Waals surface area (Å²) in [5.41, 5.74) is 0. The van der Waals surface area contributed by atoms with Crippen LogP contribution in [0.2, 0.25) is 0 Å². The topological polar surface area (TPSA) is 88.2 Å². The Balaban J connectivity index is 2.30. The van der Waals surface area contributed by atoms with Gasteiger partial charge in [-0.25, -0.2) is 0 Å². The van der Waals surface area contributed by atoms with Crippen LogP contribution in [0.25, 0.3) is 0 Å². The van der Waals surface area contributed by atoms with E-state index < -0.39 is 18.0 Å². The molecular weight excluding hydrogens is 198 g/mol. The minimum atomic E-state index is -0.800. The number of aryl methyl sites for hydroxylation is 1. The van der Waals surface area contributed by atoms with E-state index in [4.69, 9.17) is 5.11 Å². The van der Waals surface area contributed by atoms with Gasteiger partial charge in [-0.1, -0.05) is 0 Å². The Kier molecular flexibility index (Phi) is 2.44. The molecule has 1 aliphatic heterocycles. The maximum absolute atomic E-state index is 10.9. The highest BCUT2D eigenvalue weighted by molar-refractivity contribution is 5.70. The summed E-state index contributed by atoms with van der Waals surface area (Å²) >= 11 is 0. The number of carboxylic acid groups (broad SMARTS) is 1. The molecule has 2 N–H and O–H groups in total. The summed E-state index contributed by atoms with van der Waals surface area (Å²) in [6.45, 7) is 1.96. The van der Waals surface area contributed by atoms with E-state index in [2.05, 4.69) is 10.2 Å². The second kappa shape index (κ2) is 3.62. The van der Waals surface area contributed by atoms with Crippen LogP contribution >= 0.6 is 0 Å². The second-order valence-corrected chi connectivity index (χ2v) is 3.83. The van der Waals surface area contributed by atoms with Crippen LogP contribution in [0.1, 0.15) is 31.1 Å². The third kappa shape index (κ3) is 1.72.